The quantitative estimate of drug-likeness (QED) is 0.0584. The van der Waals surface area contributed by atoms with Crippen LogP contribution in [0.4, 0.5) is 0 Å². The van der Waals surface area contributed by atoms with Crippen LogP contribution in [0.1, 0.15) is 81.3 Å². The van der Waals surface area contributed by atoms with Crippen LogP contribution in [0.3, 0.4) is 0 Å². The number of nitrogens with zero attached hydrogens (tertiary/aromatic N) is 2. The molecule has 8 aromatic carbocycles. The molecule has 0 aliphatic heterocycles. The molecule has 0 radical (unpaired) electrons. The molecule has 7 heteroatoms. The van der Waals surface area contributed by atoms with E-state index in [9.17, 15) is 9.59 Å². The zero-order valence-electron chi connectivity index (χ0n) is 40.1. The fraction of sp³-hybridized carbons (Fsp3) is 0.180. The summed E-state index contributed by atoms with van der Waals surface area (Å²) in [4.78, 5) is 35.7. The minimum Gasteiger partial charge on any atom is -0.655 e. The first-order valence-corrected chi connectivity index (χ1v) is 22.9. The molecule has 342 valence electrons. The van der Waals surface area contributed by atoms with Crippen molar-refractivity contribution in [2.24, 2.45) is 0 Å². The second kappa shape index (κ2) is 31.2. The van der Waals surface area contributed by atoms with Crippen molar-refractivity contribution in [2.45, 2.75) is 71.8 Å². The van der Waals surface area contributed by atoms with E-state index in [4.69, 9.17) is 4.89 Å². The molecule has 0 bridgehead atoms. The van der Waals surface area contributed by atoms with Gasteiger partial charge in [-0.2, -0.15) is 4.89 Å². The summed E-state index contributed by atoms with van der Waals surface area (Å²) in [6, 6.07) is 80.4. The largest absolute Gasteiger partial charge is 1.00 e. The van der Waals surface area contributed by atoms with E-state index >= 15 is 0 Å². The second-order valence-corrected chi connectivity index (χ2v) is 16.8. The molecule has 1 amide bonds. The summed E-state index contributed by atoms with van der Waals surface area (Å²) in [6.07, 6.45) is 3.58. The molecule has 0 fully saturated rings. The van der Waals surface area contributed by atoms with Crippen molar-refractivity contribution in [2.75, 3.05) is 0 Å². The van der Waals surface area contributed by atoms with Crippen LogP contribution in [0.15, 0.2) is 243 Å². The van der Waals surface area contributed by atoms with Crippen LogP contribution >= 0.6 is 0 Å². The van der Waals surface area contributed by atoms with Crippen LogP contribution in [0.5, 0.6) is 0 Å². The van der Waals surface area contributed by atoms with Gasteiger partial charge in [-0.3, -0.25) is 9.68 Å². The second-order valence-electron chi connectivity index (χ2n) is 16.8. The third-order valence-corrected chi connectivity index (χ3v) is 10.0. The summed E-state index contributed by atoms with van der Waals surface area (Å²) in [7, 11) is 0. The van der Waals surface area contributed by atoms with E-state index in [1.54, 1.807) is 24.3 Å². The predicted octanol–water partition coefficient (Wildman–Crippen LogP) is 11.7. The fourth-order valence-corrected chi connectivity index (χ4v) is 6.62. The van der Waals surface area contributed by atoms with Crippen molar-refractivity contribution in [3.8, 4) is 0 Å². The number of carbonyl (C=O) groups is 2. The van der Waals surface area contributed by atoms with E-state index in [1.165, 1.54) is 41.5 Å². The Balaban J connectivity index is 0.000000201. The number of aryl methyl sites for hydroxylation is 2. The zero-order chi connectivity index (χ0) is 47.2. The SMILES string of the molecule is CC(C)(C)OOC(=O)c1ccccc1.O=C(c1ccccc1)N(Cc1ccccc1)Cc1ccccc1.[Li+].c1ccc(CCCc2ccccc2)cc1.c1ccc(C[N-]Cc2ccccc2)cc1. The number of rotatable bonds is 15. The van der Waals surface area contributed by atoms with Crippen LogP contribution < -0.4 is 18.9 Å². The van der Waals surface area contributed by atoms with E-state index < -0.39 is 11.6 Å². The molecule has 6 nitrogen and oxygen atoms in total. The molecule has 8 aromatic rings. The van der Waals surface area contributed by atoms with Gasteiger partial charge in [-0.25, -0.2) is 4.79 Å². The summed E-state index contributed by atoms with van der Waals surface area (Å²) in [5, 5.41) is 4.51. The average molecular weight is 895 g/mol. The number of carbonyl (C=O) groups excluding carboxylic acids is 2. The maximum Gasteiger partial charge on any atom is 1.00 e. The Morgan fingerprint density at radius 2 is 0.706 bits per heavy atom. The van der Waals surface area contributed by atoms with Crippen LogP contribution in [-0.4, -0.2) is 22.4 Å². The van der Waals surface area contributed by atoms with Gasteiger partial charge in [0.1, 0.15) is 5.60 Å². The zero-order valence-corrected chi connectivity index (χ0v) is 40.1. The van der Waals surface area contributed by atoms with E-state index in [2.05, 4.69) is 119 Å². The summed E-state index contributed by atoms with van der Waals surface area (Å²) in [5.74, 6) is -0.418. The molecule has 0 saturated carbocycles. The van der Waals surface area contributed by atoms with Gasteiger partial charge in [0.2, 0.25) is 0 Å². The Hall–Kier alpha value is -6.78. The molecule has 0 aliphatic carbocycles. The van der Waals surface area contributed by atoms with Gasteiger partial charge in [0.25, 0.3) is 5.91 Å². The molecule has 0 unspecified atom stereocenters. The number of hydrogen-bond donors (Lipinski definition) is 0. The monoisotopic (exact) mass is 894 g/mol. The first-order valence-electron chi connectivity index (χ1n) is 22.9. The van der Waals surface area contributed by atoms with Gasteiger partial charge in [-0.15, -0.1) is 13.1 Å². The van der Waals surface area contributed by atoms with Gasteiger partial charge in [0.15, 0.2) is 0 Å². The van der Waals surface area contributed by atoms with Gasteiger partial charge in [0, 0.05) is 18.7 Å². The normalized spacial score (nSPS) is 10.2. The third kappa shape index (κ3) is 22.1. The van der Waals surface area contributed by atoms with Crippen LogP contribution in [0.25, 0.3) is 5.32 Å². The molecule has 0 saturated heterocycles. The minimum atomic E-state index is -0.482. The predicted molar refractivity (Wildman–Crippen MR) is 274 cm³/mol. The molecule has 0 aliphatic rings. The number of benzene rings is 8. The summed E-state index contributed by atoms with van der Waals surface area (Å²) >= 11 is 0. The van der Waals surface area contributed by atoms with Crippen molar-refractivity contribution in [3.05, 3.63) is 292 Å². The number of hydrogen-bond acceptors (Lipinski definition) is 4. The van der Waals surface area contributed by atoms with Gasteiger partial charge >= 0.3 is 24.8 Å². The van der Waals surface area contributed by atoms with Crippen LogP contribution in [0, 0.1) is 0 Å². The Labute approximate surface area is 417 Å². The first-order chi connectivity index (χ1) is 32.7. The van der Waals surface area contributed by atoms with E-state index in [1.807, 2.05) is 135 Å². The van der Waals surface area contributed by atoms with E-state index in [-0.39, 0.29) is 24.8 Å². The van der Waals surface area contributed by atoms with Crippen molar-refractivity contribution in [3.63, 3.8) is 0 Å². The first kappa shape index (κ1) is 53.8. The Kier molecular flexibility index (Phi) is 24.7. The van der Waals surface area contributed by atoms with Crippen LogP contribution in [-0.2, 0) is 48.8 Å². The van der Waals surface area contributed by atoms with Crippen LogP contribution in [0.2, 0.25) is 0 Å². The molecular formula is C61H63LiN2O4. The van der Waals surface area contributed by atoms with Crippen molar-refractivity contribution in [1.82, 2.24) is 4.90 Å². The van der Waals surface area contributed by atoms with Gasteiger partial charge in [-0.05, 0) is 86.6 Å². The van der Waals surface area contributed by atoms with E-state index in [0.717, 1.165) is 29.8 Å². The Morgan fingerprint density at radius 3 is 1.04 bits per heavy atom. The fourth-order valence-electron chi connectivity index (χ4n) is 6.62. The molecule has 0 N–H and O–H groups in total. The smallest absolute Gasteiger partial charge is 0.655 e. The molecule has 0 heterocycles. The molecule has 8 rings (SSSR count). The molecule has 0 spiro atoms. The minimum absolute atomic E-state index is 0. The molecular weight excluding hydrogens is 832 g/mol. The van der Waals surface area contributed by atoms with E-state index in [0.29, 0.717) is 18.7 Å². The number of amides is 1. The Bertz CT molecular complexity index is 2310. The summed E-state index contributed by atoms with van der Waals surface area (Å²) in [6.45, 7) is 8.24. The summed E-state index contributed by atoms with van der Waals surface area (Å²) < 4.78 is 0. The standard InChI is InChI=1S/C21H19NO.C15H16.C14H14N.C11H14O3.Li/c23-21(20-14-8-3-9-15-20)22(16-18-10-4-1-5-11-18)17-19-12-6-2-7-13-19;1-3-8-14(9-4-1)12-7-13-15-10-5-2-6-11-15;1-3-7-13(8-4-1)11-15-12-14-9-5-2-6-10-14;1-11(2,3)14-13-10(12)9-7-5-4-6-8-9;/h1-15H,16-17H2;1-6,8-11H,7,12-13H2;1-10H,11-12H2;4-8H,1-3H3;/q;;-1;;+1. The molecule has 68 heavy (non-hydrogen) atoms. The maximum absolute atomic E-state index is 12.9. The maximum atomic E-state index is 12.9. The average Bonchev–Trinajstić information content (AvgIpc) is 3.38. The van der Waals surface area contributed by atoms with Gasteiger partial charge in [-0.1, -0.05) is 230 Å². The third-order valence-electron chi connectivity index (χ3n) is 10.0. The Morgan fingerprint density at radius 1 is 0.412 bits per heavy atom. The summed E-state index contributed by atoms with van der Waals surface area (Å²) in [5.41, 5.74) is 8.41. The topological polar surface area (TPSA) is 69.9 Å². The van der Waals surface area contributed by atoms with Crippen molar-refractivity contribution in [1.29, 1.82) is 0 Å². The molecule has 0 aromatic heterocycles. The molecule has 0 atom stereocenters. The van der Waals surface area contributed by atoms with Gasteiger partial charge < -0.3 is 10.2 Å². The van der Waals surface area contributed by atoms with Crippen molar-refractivity contribution >= 4 is 11.9 Å². The van der Waals surface area contributed by atoms with Crippen molar-refractivity contribution < 1.29 is 38.2 Å². The van der Waals surface area contributed by atoms with Gasteiger partial charge in [0.05, 0.1) is 5.56 Å².